The van der Waals surface area contributed by atoms with Crippen molar-refractivity contribution in [1.82, 2.24) is 9.80 Å². The Labute approximate surface area is 105 Å². The largest absolute Gasteiger partial charge is 0.341 e. The Morgan fingerprint density at radius 2 is 1.76 bits per heavy atom. The number of likely N-dealkylation sites (tertiary alicyclic amines) is 2. The molecule has 98 valence electrons. The van der Waals surface area contributed by atoms with Crippen LogP contribution in [0.1, 0.15) is 39.5 Å². The monoisotopic (exact) mass is 238 g/mol. The van der Waals surface area contributed by atoms with Gasteiger partial charge in [-0.1, -0.05) is 13.8 Å². The fraction of sp³-hybridized carbons (Fsp3) is 0.929. The van der Waals surface area contributed by atoms with Crippen molar-refractivity contribution >= 4 is 5.91 Å². The van der Waals surface area contributed by atoms with Crippen molar-refractivity contribution in [1.29, 1.82) is 0 Å². The molecule has 0 radical (unpaired) electrons. The molecule has 0 saturated carbocycles. The number of hydrogen-bond donors (Lipinski definition) is 0. The maximum absolute atomic E-state index is 12.2. The van der Waals surface area contributed by atoms with Crippen LogP contribution in [-0.2, 0) is 4.79 Å². The minimum atomic E-state index is 0.353. The Morgan fingerprint density at radius 1 is 1.06 bits per heavy atom. The van der Waals surface area contributed by atoms with Crippen molar-refractivity contribution in [2.45, 2.75) is 39.5 Å². The van der Waals surface area contributed by atoms with Gasteiger partial charge in [-0.05, 0) is 50.6 Å². The van der Waals surface area contributed by atoms with E-state index in [1.165, 1.54) is 25.7 Å². The summed E-state index contributed by atoms with van der Waals surface area (Å²) in [6.07, 6.45) is 4.97. The number of hydrogen-bond acceptors (Lipinski definition) is 2. The van der Waals surface area contributed by atoms with Crippen molar-refractivity contribution in [2.24, 2.45) is 11.8 Å². The second-order valence-corrected chi connectivity index (χ2v) is 6.05. The second kappa shape index (κ2) is 5.85. The van der Waals surface area contributed by atoms with Crippen molar-refractivity contribution in [2.75, 3.05) is 32.7 Å². The summed E-state index contributed by atoms with van der Waals surface area (Å²) in [6.45, 7) is 9.38. The molecule has 2 fully saturated rings. The number of piperidine rings is 2. The summed E-state index contributed by atoms with van der Waals surface area (Å²) in [5.74, 6) is 1.89. The average molecular weight is 238 g/mol. The first kappa shape index (κ1) is 12.9. The van der Waals surface area contributed by atoms with Gasteiger partial charge >= 0.3 is 0 Å². The van der Waals surface area contributed by atoms with E-state index in [0.29, 0.717) is 18.4 Å². The summed E-state index contributed by atoms with van der Waals surface area (Å²) in [7, 11) is 0. The van der Waals surface area contributed by atoms with Gasteiger partial charge in [-0.25, -0.2) is 0 Å². The molecule has 2 aliphatic heterocycles. The second-order valence-electron chi connectivity index (χ2n) is 6.05. The van der Waals surface area contributed by atoms with Crippen LogP contribution in [0.5, 0.6) is 0 Å². The molecule has 0 aliphatic carbocycles. The summed E-state index contributed by atoms with van der Waals surface area (Å²) in [5.41, 5.74) is 0. The van der Waals surface area contributed by atoms with Crippen LogP contribution in [0.25, 0.3) is 0 Å². The molecule has 17 heavy (non-hydrogen) atoms. The first-order chi connectivity index (χ1) is 8.15. The molecule has 3 heteroatoms. The van der Waals surface area contributed by atoms with E-state index in [0.717, 1.165) is 32.1 Å². The van der Waals surface area contributed by atoms with E-state index in [9.17, 15) is 4.79 Å². The van der Waals surface area contributed by atoms with Gasteiger partial charge in [-0.2, -0.15) is 0 Å². The molecule has 0 bridgehead atoms. The van der Waals surface area contributed by atoms with Gasteiger partial charge in [-0.15, -0.1) is 0 Å². The summed E-state index contributed by atoms with van der Waals surface area (Å²) in [4.78, 5) is 16.6. The molecule has 1 unspecified atom stereocenters. The first-order valence-corrected chi connectivity index (χ1v) is 7.15. The molecular weight excluding hydrogens is 212 g/mol. The number of nitrogens with zero attached hydrogens (tertiary/aromatic N) is 2. The lowest BCUT2D eigenvalue weighted by atomic mass is 9.98. The first-order valence-electron chi connectivity index (χ1n) is 7.15. The van der Waals surface area contributed by atoms with E-state index < -0.39 is 0 Å². The molecule has 0 aromatic heterocycles. The molecule has 2 saturated heterocycles. The molecule has 0 aromatic carbocycles. The van der Waals surface area contributed by atoms with Crippen molar-refractivity contribution in [3.63, 3.8) is 0 Å². The van der Waals surface area contributed by atoms with Crippen LogP contribution in [0.15, 0.2) is 0 Å². The predicted molar refractivity (Wildman–Crippen MR) is 69.8 cm³/mol. The highest BCUT2D eigenvalue weighted by Crippen LogP contribution is 2.18. The normalized spacial score (nSPS) is 28.4. The third kappa shape index (κ3) is 3.70. The summed E-state index contributed by atoms with van der Waals surface area (Å²) in [5, 5.41) is 0. The smallest absolute Gasteiger partial charge is 0.236 e. The molecule has 2 aliphatic rings. The number of amides is 1. The molecule has 2 heterocycles. The summed E-state index contributed by atoms with van der Waals surface area (Å²) >= 11 is 0. The highest BCUT2D eigenvalue weighted by molar-refractivity contribution is 5.78. The quantitative estimate of drug-likeness (QED) is 0.734. The van der Waals surface area contributed by atoms with E-state index in [4.69, 9.17) is 0 Å². The lowest BCUT2D eigenvalue weighted by molar-refractivity contribution is -0.134. The zero-order chi connectivity index (χ0) is 12.3. The molecule has 0 spiro atoms. The Kier molecular flexibility index (Phi) is 4.43. The molecule has 1 atom stereocenters. The Bertz CT molecular complexity index is 259. The van der Waals surface area contributed by atoms with Gasteiger partial charge in [0.1, 0.15) is 0 Å². The molecule has 2 rings (SSSR count). The Morgan fingerprint density at radius 3 is 2.41 bits per heavy atom. The van der Waals surface area contributed by atoms with Crippen LogP contribution in [0, 0.1) is 11.8 Å². The lowest BCUT2D eigenvalue weighted by Crippen LogP contribution is -2.46. The Hall–Kier alpha value is -0.570. The minimum Gasteiger partial charge on any atom is -0.341 e. The van der Waals surface area contributed by atoms with Gasteiger partial charge in [0.05, 0.1) is 6.54 Å². The van der Waals surface area contributed by atoms with Gasteiger partial charge in [0, 0.05) is 13.1 Å². The van der Waals surface area contributed by atoms with Gasteiger partial charge < -0.3 is 4.90 Å². The lowest BCUT2D eigenvalue weighted by Gasteiger charge is -2.35. The van der Waals surface area contributed by atoms with Gasteiger partial charge in [-0.3, -0.25) is 9.69 Å². The highest BCUT2D eigenvalue weighted by Gasteiger charge is 2.24. The average Bonchev–Trinajstić information content (AvgIpc) is 2.32. The Balaban J connectivity index is 1.76. The third-order valence-electron chi connectivity index (χ3n) is 4.24. The standard InChI is InChI=1S/C14H26N2O/c1-12-5-8-15(9-6-12)11-14(17)16-7-3-4-13(2)10-16/h12-13H,3-11H2,1-2H3. The molecule has 0 N–H and O–H groups in total. The maximum Gasteiger partial charge on any atom is 0.236 e. The molecule has 0 aromatic rings. The minimum absolute atomic E-state index is 0.353. The summed E-state index contributed by atoms with van der Waals surface area (Å²) < 4.78 is 0. The van der Waals surface area contributed by atoms with Crippen LogP contribution in [-0.4, -0.2) is 48.4 Å². The van der Waals surface area contributed by atoms with Crippen LogP contribution in [0.3, 0.4) is 0 Å². The van der Waals surface area contributed by atoms with E-state index >= 15 is 0 Å². The van der Waals surface area contributed by atoms with Crippen LogP contribution in [0.4, 0.5) is 0 Å². The number of carbonyl (C=O) groups is 1. The van der Waals surface area contributed by atoms with Crippen molar-refractivity contribution in [3.05, 3.63) is 0 Å². The SMILES string of the molecule is CC1CCN(CC(=O)N2CCCC(C)C2)CC1. The van der Waals surface area contributed by atoms with Gasteiger partial charge in [0.2, 0.25) is 5.91 Å². The highest BCUT2D eigenvalue weighted by atomic mass is 16.2. The van der Waals surface area contributed by atoms with E-state index in [1.54, 1.807) is 0 Å². The predicted octanol–water partition coefficient (Wildman–Crippen LogP) is 1.98. The van der Waals surface area contributed by atoms with Crippen LogP contribution >= 0.6 is 0 Å². The molecule has 3 nitrogen and oxygen atoms in total. The fourth-order valence-corrected chi connectivity index (χ4v) is 2.93. The zero-order valence-electron chi connectivity index (χ0n) is 11.3. The number of rotatable bonds is 2. The van der Waals surface area contributed by atoms with Gasteiger partial charge in [0.25, 0.3) is 0 Å². The third-order valence-corrected chi connectivity index (χ3v) is 4.24. The van der Waals surface area contributed by atoms with Crippen LogP contribution < -0.4 is 0 Å². The fourth-order valence-electron chi connectivity index (χ4n) is 2.93. The van der Waals surface area contributed by atoms with E-state index in [2.05, 4.69) is 23.6 Å². The van der Waals surface area contributed by atoms with Crippen molar-refractivity contribution < 1.29 is 4.79 Å². The van der Waals surface area contributed by atoms with Gasteiger partial charge in [0.15, 0.2) is 0 Å². The molecule has 1 amide bonds. The maximum atomic E-state index is 12.2. The summed E-state index contributed by atoms with van der Waals surface area (Å²) in [6, 6.07) is 0. The van der Waals surface area contributed by atoms with Crippen LogP contribution in [0.2, 0.25) is 0 Å². The zero-order valence-corrected chi connectivity index (χ0v) is 11.3. The van der Waals surface area contributed by atoms with E-state index in [-0.39, 0.29) is 0 Å². The topological polar surface area (TPSA) is 23.6 Å². The van der Waals surface area contributed by atoms with E-state index in [1.807, 2.05) is 0 Å². The van der Waals surface area contributed by atoms with Crippen molar-refractivity contribution in [3.8, 4) is 0 Å². The number of carbonyl (C=O) groups excluding carboxylic acids is 1. The molecular formula is C14H26N2O.